The van der Waals surface area contributed by atoms with Crippen LogP contribution < -0.4 is 5.32 Å². The molecule has 0 amide bonds. The van der Waals surface area contributed by atoms with Crippen LogP contribution in [0.5, 0.6) is 0 Å². The second kappa shape index (κ2) is 6.85. The molecule has 1 atom stereocenters. The molecule has 1 aliphatic rings. The maximum absolute atomic E-state index is 6.06. The van der Waals surface area contributed by atoms with E-state index in [9.17, 15) is 0 Å². The van der Waals surface area contributed by atoms with Gasteiger partial charge in [-0.15, -0.1) is 0 Å². The van der Waals surface area contributed by atoms with Crippen molar-refractivity contribution in [3.8, 4) is 0 Å². The van der Waals surface area contributed by atoms with Crippen LogP contribution in [0, 0.1) is 5.92 Å². The van der Waals surface area contributed by atoms with Crippen molar-refractivity contribution in [3.63, 3.8) is 0 Å². The summed E-state index contributed by atoms with van der Waals surface area (Å²) in [4.78, 5) is 0. The van der Waals surface area contributed by atoms with Gasteiger partial charge in [-0.25, -0.2) is 0 Å². The van der Waals surface area contributed by atoms with Crippen molar-refractivity contribution < 1.29 is 4.42 Å². The molecule has 0 bridgehead atoms. The van der Waals surface area contributed by atoms with Gasteiger partial charge < -0.3 is 9.73 Å². The first-order valence-electron chi connectivity index (χ1n) is 8.12. The van der Waals surface area contributed by atoms with Gasteiger partial charge in [-0.1, -0.05) is 50.1 Å². The highest BCUT2D eigenvalue weighted by Gasteiger charge is 2.21. The summed E-state index contributed by atoms with van der Waals surface area (Å²) in [6.45, 7) is 0. The van der Waals surface area contributed by atoms with Crippen LogP contribution in [-0.2, 0) is 0 Å². The van der Waals surface area contributed by atoms with E-state index in [1.165, 1.54) is 44.9 Å². The lowest BCUT2D eigenvalue weighted by molar-refractivity contribution is 0.336. The Bertz CT molecular complexity index is 584. The summed E-state index contributed by atoms with van der Waals surface area (Å²) in [5, 5.41) is 5.29. The molecule has 1 saturated carbocycles. The average Bonchev–Trinajstić information content (AvgIpc) is 2.72. The number of rotatable bonds is 4. The lowest BCUT2D eigenvalue weighted by Gasteiger charge is -2.20. The molecule has 1 N–H and O–H groups in total. The molecule has 0 radical (unpaired) electrons. The number of hydrogen-bond donors (Lipinski definition) is 1. The van der Waals surface area contributed by atoms with Crippen molar-refractivity contribution in [1.82, 2.24) is 5.32 Å². The van der Waals surface area contributed by atoms with Crippen molar-refractivity contribution in [2.45, 2.75) is 51.0 Å². The third-order valence-electron chi connectivity index (χ3n) is 4.73. The summed E-state index contributed by atoms with van der Waals surface area (Å²) in [5.41, 5.74) is 0.926. The number of halogens is 1. The smallest absolute Gasteiger partial charge is 0.134 e. The van der Waals surface area contributed by atoms with Gasteiger partial charge in [0.1, 0.15) is 11.3 Å². The van der Waals surface area contributed by atoms with Crippen LogP contribution in [0.3, 0.4) is 0 Å². The first-order chi connectivity index (χ1) is 10.3. The summed E-state index contributed by atoms with van der Waals surface area (Å²) in [5.74, 6) is 1.86. The quantitative estimate of drug-likeness (QED) is 0.732. The lowest BCUT2D eigenvalue weighted by atomic mass is 9.91. The van der Waals surface area contributed by atoms with Gasteiger partial charge in [-0.3, -0.25) is 0 Å². The molecule has 114 valence electrons. The van der Waals surface area contributed by atoms with Gasteiger partial charge in [-0.05, 0) is 43.7 Å². The van der Waals surface area contributed by atoms with Crippen LogP contribution in [0.25, 0.3) is 11.0 Å². The zero-order valence-corrected chi connectivity index (χ0v) is 13.5. The summed E-state index contributed by atoms with van der Waals surface area (Å²) in [6, 6.07) is 8.26. The maximum atomic E-state index is 6.06. The fourth-order valence-corrected chi connectivity index (χ4v) is 3.70. The van der Waals surface area contributed by atoms with Crippen molar-refractivity contribution in [2.24, 2.45) is 5.92 Å². The summed E-state index contributed by atoms with van der Waals surface area (Å²) < 4.78 is 6.03. The van der Waals surface area contributed by atoms with Crippen molar-refractivity contribution in [1.29, 1.82) is 0 Å². The van der Waals surface area contributed by atoms with Crippen LogP contribution in [0.4, 0.5) is 0 Å². The Kier molecular flexibility index (Phi) is 4.87. The zero-order valence-electron chi connectivity index (χ0n) is 12.7. The van der Waals surface area contributed by atoms with E-state index < -0.39 is 0 Å². The van der Waals surface area contributed by atoms with Crippen LogP contribution in [-0.4, -0.2) is 7.05 Å². The normalized spacial score (nSPS) is 18.8. The third kappa shape index (κ3) is 3.61. The highest BCUT2D eigenvalue weighted by atomic mass is 35.5. The molecule has 1 aliphatic carbocycles. The first kappa shape index (κ1) is 14.9. The monoisotopic (exact) mass is 305 g/mol. The van der Waals surface area contributed by atoms with Crippen LogP contribution in [0.1, 0.15) is 56.7 Å². The minimum atomic E-state index is 0.305. The van der Waals surface area contributed by atoms with Gasteiger partial charge in [0, 0.05) is 10.4 Å². The van der Waals surface area contributed by atoms with E-state index >= 15 is 0 Å². The van der Waals surface area contributed by atoms with Crippen molar-refractivity contribution in [2.75, 3.05) is 7.05 Å². The molecule has 1 aromatic heterocycles. The molecule has 1 heterocycles. The van der Waals surface area contributed by atoms with E-state index in [4.69, 9.17) is 16.0 Å². The van der Waals surface area contributed by atoms with E-state index in [0.29, 0.717) is 6.04 Å². The molecule has 0 aliphatic heterocycles. The predicted octanol–water partition coefficient (Wildman–Crippen LogP) is 5.71. The Morgan fingerprint density at radius 2 is 1.95 bits per heavy atom. The maximum Gasteiger partial charge on any atom is 0.134 e. The van der Waals surface area contributed by atoms with Gasteiger partial charge >= 0.3 is 0 Å². The van der Waals surface area contributed by atoms with E-state index in [-0.39, 0.29) is 0 Å². The molecule has 0 spiro atoms. The van der Waals surface area contributed by atoms with E-state index in [1.54, 1.807) is 0 Å². The number of furan rings is 1. The van der Waals surface area contributed by atoms with Crippen molar-refractivity contribution >= 4 is 22.6 Å². The number of hydrogen-bond acceptors (Lipinski definition) is 2. The molecule has 3 rings (SSSR count). The van der Waals surface area contributed by atoms with Crippen molar-refractivity contribution in [3.05, 3.63) is 35.0 Å². The number of nitrogens with one attached hydrogen (secondary N) is 1. The number of fused-ring (bicyclic) bond motifs is 1. The van der Waals surface area contributed by atoms with Gasteiger partial charge in [0.2, 0.25) is 0 Å². The first-order valence-corrected chi connectivity index (χ1v) is 8.50. The highest BCUT2D eigenvalue weighted by molar-refractivity contribution is 6.31. The zero-order chi connectivity index (χ0) is 14.7. The fourth-order valence-electron chi connectivity index (χ4n) is 3.52. The van der Waals surface area contributed by atoms with Crippen LogP contribution >= 0.6 is 11.6 Å². The Morgan fingerprint density at radius 1 is 1.19 bits per heavy atom. The van der Waals surface area contributed by atoms with Crippen LogP contribution in [0.15, 0.2) is 28.7 Å². The van der Waals surface area contributed by atoms with Gasteiger partial charge in [-0.2, -0.15) is 0 Å². The fraction of sp³-hybridized carbons (Fsp3) is 0.556. The molecule has 1 fully saturated rings. The van der Waals surface area contributed by atoms with E-state index in [0.717, 1.165) is 27.7 Å². The van der Waals surface area contributed by atoms with Crippen LogP contribution in [0.2, 0.25) is 5.02 Å². The average molecular weight is 306 g/mol. The predicted molar refractivity (Wildman–Crippen MR) is 88.8 cm³/mol. The molecule has 21 heavy (non-hydrogen) atoms. The Morgan fingerprint density at radius 3 is 2.67 bits per heavy atom. The topological polar surface area (TPSA) is 25.2 Å². The lowest BCUT2D eigenvalue weighted by Crippen LogP contribution is -2.19. The minimum absolute atomic E-state index is 0.305. The molecule has 0 saturated heterocycles. The SMILES string of the molecule is CNC(CC1CCCCCC1)c1cc2cc(Cl)ccc2o1. The summed E-state index contributed by atoms with van der Waals surface area (Å²) in [7, 11) is 2.03. The molecule has 3 heteroatoms. The summed E-state index contributed by atoms with van der Waals surface area (Å²) in [6.07, 6.45) is 9.49. The largest absolute Gasteiger partial charge is 0.459 e. The standard InChI is InChI=1S/C18H24ClNO/c1-20-16(10-13-6-4-2-3-5-7-13)18-12-14-11-15(19)8-9-17(14)21-18/h8-9,11-13,16,20H,2-7,10H2,1H3. The molecule has 1 unspecified atom stereocenters. The molecule has 2 aromatic rings. The van der Waals surface area contributed by atoms with E-state index in [1.807, 2.05) is 25.2 Å². The molecular weight excluding hydrogens is 282 g/mol. The number of benzene rings is 1. The minimum Gasteiger partial charge on any atom is -0.459 e. The third-order valence-corrected chi connectivity index (χ3v) is 4.97. The highest BCUT2D eigenvalue weighted by Crippen LogP contribution is 2.33. The Balaban J connectivity index is 1.77. The molecular formula is C18H24ClNO. The van der Waals surface area contributed by atoms with E-state index in [2.05, 4.69) is 11.4 Å². The van der Waals surface area contributed by atoms with Gasteiger partial charge in [0.25, 0.3) is 0 Å². The molecule has 1 aromatic carbocycles. The Hall–Kier alpha value is -0.990. The van der Waals surface area contributed by atoms with Gasteiger partial charge in [0.15, 0.2) is 0 Å². The van der Waals surface area contributed by atoms with Gasteiger partial charge in [0.05, 0.1) is 6.04 Å². The second-order valence-electron chi connectivity index (χ2n) is 6.27. The Labute approximate surface area is 131 Å². The second-order valence-corrected chi connectivity index (χ2v) is 6.70. The summed E-state index contributed by atoms with van der Waals surface area (Å²) >= 11 is 6.06. The molecule has 2 nitrogen and oxygen atoms in total.